The number of hydrogen-bond acceptors (Lipinski definition) is 9. The first-order chi connectivity index (χ1) is 21.4. The van der Waals surface area contributed by atoms with Crippen molar-refractivity contribution in [2.45, 2.75) is 62.5 Å². The molecule has 3 unspecified atom stereocenters. The van der Waals surface area contributed by atoms with Gasteiger partial charge in [0, 0.05) is 44.2 Å². The van der Waals surface area contributed by atoms with Gasteiger partial charge >= 0.3 is 5.97 Å². The number of amides is 1. The van der Waals surface area contributed by atoms with Crippen molar-refractivity contribution in [2.75, 3.05) is 5.75 Å². The van der Waals surface area contributed by atoms with E-state index in [4.69, 9.17) is 14.6 Å². The predicted octanol–water partition coefficient (Wildman–Crippen LogP) is 4.58. The lowest BCUT2D eigenvalue weighted by molar-refractivity contribution is -0.245. The molecule has 1 saturated heterocycles. The van der Waals surface area contributed by atoms with Crippen molar-refractivity contribution in [3.63, 3.8) is 0 Å². The van der Waals surface area contributed by atoms with E-state index >= 15 is 0 Å². The van der Waals surface area contributed by atoms with Gasteiger partial charge in [0.25, 0.3) is 0 Å². The van der Waals surface area contributed by atoms with Crippen molar-refractivity contribution in [1.82, 2.24) is 25.5 Å². The maximum Gasteiger partial charge on any atom is 0.303 e. The molecule has 2 heterocycles. The molecule has 1 aromatic heterocycles. The van der Waals surface area contributed by atoms with Gasteiger partial charge in [-0.2, -0.15) is 0 Å². The molecule has 3 aromatic carbocycles. The van der Waals surface area contributed by atoms with E-state index in [-0.39, 0.29) is 37.6 Å². The Morgan fingerprint density at radius 3 is 2.48 bits per heavy atom. The number of carboxylic acids is 1. The Kier molecular flexibility index (Phi) is 10.7. The van der Waals surface area contributed by atoms with Gasteiger partial charge in [-0.3, -0.25) is 9.59 Å². The minimum Gasteiger partial charge on any atom is -0.481 e. The number of tetrazole rings is 1. The number of aliphatic hydroxyl groups is 1. The van der Waals surface area contributed by atoms with Crippen LogP contribution in [0.3, 0.4) is 0 Å². The van der Waals surface area contributed by atoms with Crippen LogP contribution in [0.25, 0.3) is 11.1 Å². The number of hydrogen-bond donors (Lipinski definition) is 3. The molecule has 0 aliphatic carbocycles. The Balaban J connectivity index is 1.31. The summed E-state index contributed by atoms with van der Waals surface area (Å²) in [5, 5.41) is 33.6. The molecular weight excluding hydrogens is 582 g/mol. The fourth-order valence-corrected chi connectivity index (χ4v) is 5.82. The van der Waals surface area contributed by atoms with Gasteiger partial charge in [0.2, 0.25) is 11.1 Å². The molecule has 0 spiro atoms. The molecule has 0 saturated carbocycles. The number of carboxylic acid groups (broad SMARTS) is 1. The summed E-state index contributed by atoms with van der Waals surface area (Å²) in [5.74, 6) is -0.435. The van der Waals surface area contributed by atoms with E-state index in [1.54, 1.807) is 11.7 Å². The minimum atomic E-state index is -0.905. The topological polar surface area (TPSA) is 149 Å². The van der Waals surface area contributed by atoms with E-state index in [0.29, 0.717) is 30.3 Å². The summed E-state index contributed by atoms with van der Waals surface area (Å²) in [5.41, 5.74) is 5.64. The molecule has 3 N–H and O–H groups in total. The molecule has 44 heavy (non-hydrogen) atoms. The number of rotatable bonds is 13. The van der Waals surface area contributed by atoms with E-state index < -0.39 is 12.3 Å². The number of aliphatic carboxylic acids is 1. The highest BCUT2D eigenvalue weighted by Gasteiger charge is 2.32. The van der Waals surface area contributed by atoms with Crippen LogP contribution in [0.1, 0.15) is 60.3 Å². The normalized spacial score (nSPS) is 18.2. The van der Waals surface area contributed by atoms with Crippen LogP contribution >= 0.6 is 11.8 Å². The summed E-state index contributed by atoms with van der Waals surface area (Å²) < 4.78 is 14.6. The van der Waals surface area contributed by atoms with Gasteiger partial charge in [-0.25, -0.2) is 4.68 Å². The molecule has 11 nitrogen and oxygen atoms in total. The SMILES string of the molecule is Cn1nnnc1SCC1CC(c2ccc(CO)cc2)OC(c2cccc(-c3cccc(CNC(=O)CCCC(=O)O)c3)c2)O1. The van der Waals surface area contributed by atoms with Crippen LogP contribution in [-0.4, -0.2) is 54.2 Å². The number of aliphatic hydroxyl groups excluding tert-OH is 1. The number of carbonyl (C=O) groups excluding carboxylic acids is 1. The van der Waals surface area contributed by atoms with E-state index in [1.165, 1.54) is 11.8 Å². The molecule has 0 bridgehead atoms. The van der Waals surface area contributed by atoms with Crippen molar-refractivity contribution < 1.29 is 29.3 Å². The first kappa shape index (κ1) is 31.3. The molecule has 12 heteroatoms. The number of aromatic nitrogens is 4. The second-order valence-corrected chi connectivity index (χ2v) is 11.6. The highest BCUT2D eigenvalue weighted by Crippen LogP contribution is 2.40. The van der Waals surface area contributed by atoms with Crippen molar-refractivity contribution in [3.8, 4) is 11.1 Å². The number of aryl methyl sites for hydroxylation is 1. The standard InChI is InChI=1S/C32H35N5O6S/c1-37-32(34-35-36-37)44-20-27-17-28(23-13-11-21(19-38)12-14-23)43-31(42-27)26-8-3-7-25(16-26)24-6-2-5-22(15-24)18-33-29(39)9-4-10-30(40)41/h2-3,5-8,11-16,27-28,31,38H,4,9-10,17-20H2,1H3,(H,33,39)(H,40,41). The zero-order chi connectivity index (χ0) is 30.9. The zero-order valence-electron chi connectivity index (χ0n) is 24.3. The van der Waals surface area contributed by atoms with E-state index in [9.17, 15) is 14.7 Å². The summed E-state index contributed by atoms with van der Waals surface area (Å²) in [7, 11) is 1.80. The third-order valence-corrected chi connectivity index (χ3v) is 8.44. The largest absolute Gasteiger partial charge is 0.481 e. The average Bonchev–Trinajstić information content (AvgIpc) is 3.47. The quantitative estimate of drug-likeness (QED) is 0.182. The second-order valence-electron chi connectivity index (χ2n) is 10.6. The Morgan fingerprint density at radius 1 is 0.977 bits per heavy atom. The van der Waals surface area contributed by atoms with Crippen molar-refractivity contribution in [1.29, 1.82) is 0 Å². The number of ether oxygens (including phenoxy) is 2. The maximum absolute atomic E-state index is 12.1. The molecule has 1 amide bonds. The second kappa shape index (κ2) is 15.1. The van der Waals surface area contributed by atoms with Crippen molar-refractivity contribution in [3.05, 3.63) is 95.1 Å². The third kappa shape index (κ3) is 8.50. The van der Waals surface area contributed by atoms with Crippen molar-refractivity contribution in [2.24, 2.45) is 7.05 Å². The van der Waals surface area contributed by atoms with Gasteiger partial charge in [0.05, 0.1) is 18.8 Å². The molecule has 5 rings (SSSR count). The van der Waals surface area contributed by atoms with Crippen LogP contribution in [0.15, 0.2) is 78.0 Å². The fourth-order valence-electron chi connectivity index (χ4n) is 4.95. The lowest BCUT2D eigenvalue weighted by Gasteiger charge is -2.36. The fraction of sp³-hybridized carbons (Fsp3) is 0.344. The first-order valence-corrected chi connectivity index (χ1v) is 15.4. The Hall–Kier alpha value is -4.10. The number of benzene rings is 3. The number of thioether (sulfide) groups is 1. The van der Waals surface area contributed by atoms with Gasteiger partial charge in [-0.15, -0.1) is 5.10 Å². The number of nitrogens with zero attached hydrogens (tertiary/aromatic N) is 4. The smallest absolute Gasteiger partial charge is 0.303 e. The highest BCUT2D eigenvalue weighted by molar-refractivity contribution is 7.99. The molecule has 1 fully saturated rings. The van der Waals surface area contributed by atoms with Gasteiger partial charge in [0.1, 0.15) is 0 Å². The van der Waals surface area contributed by atoms with Crippen LogP contribution < -0.4 is 5.32 Å². The van der Waals surface area contributed by atoms with Crippen LogP contribution in [0.2, 0.25) is 0 Å². The summed E-state index contributed by atoms with van der Waals surface area (Å²) in [6, 6.07) is 23.8. The van der Waals surface area contributed by atoms with Crippen LogP contribution in [0.4, 0.5) is 0 Å². The number of nitrogens with one attached hydrogen (secondary N) is 1. The molecule has 230 valence electrons. The lowest BCUT2D eigenvalue weighted by Crippen LogP contribution is -2.31. The Bertz CT molecular complexity index is 1560. The maximum atomic E-state index is 12.1. The first-order valence-electron chi connectivity index (χ1n) is 14.4. The van der Waals surface area contributed by atoms with Gasteiger partial charge in [0.15, 0.2) is 6.29 Å². The van der Waals surface area contributed by atoms with Gasteiger partial charge < -0.3 is 25.0 Å². The highest BCUT2D eigenvalue weighted by atomic mass is 32.2. The Labute approximate surface area is 259 Å². The van der Waals surface area contributed by atoms with Crippen molar-refractivity contribution >= 4 is 23.6 Å². The molecule has 0 radical (unpaired) electrons. The summed E-state index contributed by atoms with van der Waals surface area (Å²) in [6.45, 7) is 0.334. The molecule has 1 aliphatic rings. The third-order valence-electron chi connectivity index (χ3n) is 7.30. The van der Waals surface area contributed by atoms with E-state index in [0.717, 1.165) is 33.4 Å². The Morgan fingerprint density at radius 2 is 1.75 bits per heavy atom. The van der Waals surface area contributed by atoms with E-state index in [1.807, 2.05) is 66.7 Å². The lowest BCUT2D eigenvalue weighted by atomic mass is 9.99. The number of carbonyl (C=O) groups is 2. The summed E-state index contributed by atoms with van der Waals surface area (Å²) in [4.78, 5) is 22.8. The molecular formula is C32H35N5O6S. The monoisotopic (exact) mass is 617 g/mol. The average molecular weight is 618 g/mol. The predicted molar refractivity (Wildman–Crippen MR) is 163 cm³/mol. The summed E-state index contributed by atoms with van der Waals surface area (Å²) in [6.07, 6.45) is 0.157. The minimum absolute atomic E-state index is 0.0182. The van der Waals surface area contributed by atoms with E-state index in [2.05, 4.69) is 26.9 Å². The molecule has 3 atom stereocenters. The molecule has 1 aliphatic heterocycles. The van der Waals surface area contributed by atoms with Gasteiger partial charge in [-0.05, 0) is 56.8 Å². The summed E-state index contributed by atoms with van der Waals surface area (Å²) >= 11 is 1.53. The van der Waals surface area contributed by atoms with Crippen LogP contribution in [0, 0.1) is 0 Å². The molecule has 4 aromatic rings. The van der Waals surface area contributed by atoms with Gasteiger partial charge in [-0.1, -0.05) is 72.4 Å². The van der Waals surface area contributed by atoms with Crippen LogP contribution in [-0.2, 0) is 39.3 Å². The van der Waals surface area contributed by atoms with Crippen LogP contribution in [0.5, 0.6) is 0 Å². The zero-order valence-corrected chi connectivity index (χ0v) is 25.2.